The van der Waals surface area contributed by atoms with Crippen molar-refractivity contribution in [1.29, 1.82) is 5.26 Å². The van der Waals surface area contributed by atoms with Gasteiger partial charge in [-0.25, -0.2) is 4.39 Å². The summed E-state index contributed by atoms with van der Waals surface area (Å²) in [5.74, 6) is -1.67. The number of anilines is 1. The van der Waals surface area contributed by atoms with E-state index in [1.54, 1.807) is 34.0 Å². The first-order valence-electron chi connectivity index (χ1n) is 27.4. The van der Waals surface area contributed by atoms with E-state index in [1.165, 1.54) is 17.0 Å². The van der Waals surface area contributed by atoms with Crippen LogP contribution in [0.4, 0.5) is 10.2 Å². The zero-order valence-electron chi connectivity index (χ0n) is 45.7. The molecule has 7 aromatic rings. The van der Waals surface area contributed by atoms with Crippen LogP contribution < -0.4 is 19.7 Å². The van der Waals surface area contributed by atoms with Crippen LogP contribution in [0.5, 0.6) is 17.6 Å². The van der Waals surface area contributed by atoms with Crippen molar-refractivity contribution in [3.8, 4) is 46.1 Å². The molecule has 21 heteroatoms. The van der Waals surface area contributed by atoms with Gasteiger partial charge in [-0.1, -0.05) is 80.6 Å². The van der Waals surface area contributed by atoms with Gasteiger partial charge in [0.05, 0.1) is 48.0 Å². The topological polar surface area (TPSA) is 229 Å². The van der Waals surface area contributed by atoms with Crippen LogP contribution in [0.25, 0.3) is 44.1 Å². The molecular formula is C60H65ClFN11O8. The molecule has 3 aromatic heterocycles. The summed E-state index contributed by atoms with van der Waals surface area (Å²) < 4.78 is 37.2. The van der Waals surface area contributed by atoms with Crippen LogP contribution in [0.15, 0.2) is 102 Å². The van der Waals surface area contributed by atoms with Gasteiger partial charge in [0, 0.05) is 69.4 Å². The summed E-state index contributed by atoms with van der Waals surface area (Å²) in [6.45, 7) is 12.7. The first-order chi connectivity index (χ1) is 39.1. The van der Waals surface area contributed by atoms with E-state index in [1.807, 2.05) is 87.3 Å². The number of likely N-dealkylation sites (tertiary alicyclic amines) is 2. The predicted octanol–water partition coefficient (Wildman–Crippen LogP) is 8.20. The van der Waals surface area contributed by atoms with Crippen LogP contribution in [0.3, 0.4) is 0 Å². The Morgan fingerprint density at radius 2 is 1.75 bits per heavy atom. The van der Waals surface area contributed by atoms with E-state index >= 15 is 4.39 Å². The molecule has 0 bridgehead atoms. The largest absolute Gasteiger partial charge is 0.508 e. The maximum Gasteiger partial charge on any atom is 0.319 e. The number of β-amino-alcohol motifs (C(OH)–C–C–N with tert-alkyl or cyclic N) is 1. The van der Waals surface area contributed by atoms with Crippen molar-refractivity contribution in [3.05, 3.63) is 120 Å². The van der Waals surface area contributed by atoms with Gasteiger partial charge in [-0.05, 0) is 108 Å². The number of piperazine rings is 1. The number of rotatable bonds is 18. The predicted molar refractivity (Wildman–Crippen MR) is 303 cm³/mol. The maximum absolute atomic E-state index is 17.3. The number of aromatic nitrogens is 5. The number of hydrogen-bond donors (Lipinski definition) is 3. The van der Waals surface area contributed by atoms with Crippen LogP contribution in [-0.2, 0) is 21.4 Å². The number of nitrogens with zero attached hydrogens (tertiary/aromatic N) is 10. The van der Waals surface area contributed by atoms with Crippen LogP contribution in [-0.4, -0.2) is 145 Å². The average molecular weight is 1120 g/mol. The number of phenolic OH excluding ortho intramolecular Hbond substituents is 1. The fourth-order valence-corrected chi connectivity index (χ4v) is 11.8. The number of fused-ring (bicyclic) bond motifs is 2. The Labute approximate surface area is 473 Å². The molecule has 4 aromatic carbocycles. The number of aliphatic hydroxyl groups is 1. The first-order valence-corrected chi connectivity index (χ1v) is 27.7. The van der Waals surface area contributed by atoms with Crippen molar-refractivity contribution >= 4 is 56.8 Å². The van der Waals surface area contributed by atoms with Crippen molar-refractivity contribution in [2.45, 2.75) is 76.6 Å². The third-order valence-electron chi connectivity index (χ3n) is 15.8. The highest BCUT2D eigenvalue weighted by atomic mass is 35.5. The molecule has 3 amide bonds. The minimum Gasteiger partial charge on any atom is -0.508 e. The van der Waals surface area contributed by atoms with E-state index in [9.17, 15) is 29.9 Å². The number of amides is 3. The molecule has 0 unspecified atom stereocenters. The van der Waals surface area contributed by atoms with Gasteiger partial charge >= 0.3 is 6.01 Å². The fourth-order valence-electron chi connectivity index (χ4n) is 11.5. The van der Waals surface area contributed by atoms with E-state index in [0.29, 0.717) is 53.0 Å². The van der Waals surface area contributed by atoms with Crippen molar-refractivity contribution < 1.29 is 43.0 Å². The van der Waals surface area contributed by atoms with E-state index in [4.69, 9.17) is 30.6 Å². The number of aliphatic hydroxyl groups excluding tert-OH is 1. The number of carbonyl (C=O) groups is 3. The molecule has 3 aliphatic heterocycles. The maximum atomic E-state index is 17.3. The van der Waals surface area contributed by atoms with Gasteiger partial charge in [0.25, 0.3) is 5.88 Å². The number of carbonyl (C=O) groups excluding carboxylic acids is 3. The summed E-state index contributed by atoms with van der Waals surface area (Å²) >= 11 is 6.96. The molecule has 5 atom stereocenters. The number of piperidine rings is 1. The van der Waals surface area contributed by atoms with Gasteiger partial charge in [0.15, 0.2) is 11.6 Å². The molecule has 3 N–H and O–H groups in total. The van der Waals surface area contributed by atoms with E-state index in [0.717, 1.165) is 42.8 Å². The average Bonchev–Trinajstić information content (AvgIpc) is 4.33. The molecule has 0 spiro atoms. The molecule has 0 saturated carbocycles. The molecule has 3 aliphatic rings. The second kappa shape index (κ2) is 24.3. The minimum absolute atomic E-state index is 0.0102. The second-order valence-corrected chi connectivity index (χ2v) is 21.9. The van der Waals surface area contributed by atoms with Gasteiger partial charge in [0.1, 0.15) is 35.7 Å². The summed E-state index contributed by atoms with van der Waals surface area (Å²) in [7, 11) is 1.88. The molecule has 10 rings (SSSR count). The number of nitrogens with one attached hydrogen (secondary N) is 1. The Hall–Kier alpha value is -8.12. The third kappa shape index (κ3) is 12.0. The van der Waals surface area contributed by atoms with E-state index in [-0.39, 0.29) is 108 Å². The van der Waals surface area contributed by atoms with Crippen molar-refractivity contribution in [2.24, 2.45) is 18.9 Å². The lowest BCUT2D eigenvalue weighted by atomic mass is 9.91. The number of hydrogen-bond acceptors (Lipinski definition) is 15. The van der Waals surface area contributed by atoms with Gasteiger partial charge in [-0.2, -0.15) is 20.3 Å². The standard InChI is InChI=1S/C60H65ClFN11O8/c1-6-52(76)72-24-23-71(32-41(72)15-19-63)57-46-30-47(61)54(45-28-42(74)27-40-9-7-8-10-44(40)45)55(62)56(46)66-60(67-57)79-26-25-70-21-17-37(18-22-70)34-80-51-31-50(81-68-51)53(35(2)3)59(78)73-33-43(75)29-49(73)58(77)65-36(4)38-11-13-39(14-12-38)48-16-20-64-69(48)5/h6-14,16,20,27-28,30-31,35-37,41,43,49,53,74-75H,1,15,17-18,21-26,29,32-34H2,2-5H3,(H,65,77)/t36-,41-,43+,49-,53+/m0/s1. The van der Waals surface area contributed by atoms with Crippen LogP contribution in [0, 0.1) is 29.0 Å². The highest BCUT2D eigenvalue weighted by molar-refractivity contribution is 6.35. The number of ether oxygens (including phenoxy) is 2. The Morgan fingerprint density at radius 1 is 0.975 bits per heavy atom. The Morgan fingerprint density at radius 3 is 2.48 bits per heavy atom. The van der Waals surface area contributed by atoms with Gasteiger partial charge in [-0.3, -0.25) is 24.0 Å². The van der Waals surface area contributed by atoms with Crippen LogP contribution in [0.2, 0.25) is 5.02 Å². The molecule has 422 valence electrons. The van der Waals surface area contributed by atoms with Gasteiger partial charge in [0.2, 0.25) is 17.7 Å². The van der Waals surface area contributed by atoms with Gasteiger partial charge in [-0.15, -0.1) is 0 Å². The molecule has 3 fully saturated rings. The smallest absolute Gasteiger partial charge is 0.319 e. The summed E-state index contributed by atoms with van der Waals surface area (Å²) in [5.41, 5.74) is 3.26. The number of phenols is 1. The normalized spacial score (nSPS) is 18.8. The minimum atomic E-state index is -0.877. The molecule has 0 radical (unpaired) electrons. The Bertz CT molecular complexity index is 3500. The van der Waals surface area contributed by atoms with Crippen molar-refractivity contribution in [3.63, 3.8) is 0 Å². The molecule has 3 saturated heterocycles. The fraction of sp³-hybridized carbons (Fsp3) is 0.400. The van der Waals surface area contributed by atoms with Crippen molar-refractivity contribution in [1.82, 2.24) is 44.9 Å². The van der Waals surface area contributed by atoms with E-state index in [2.05, 4.69) is 38.1 Å². The number of aryl methyl sites for hydroxylation is 1. The quantitative estimate of drug-likeness (QED) is 0.0688. The summed E-state index contributed by atoms with van der Waals surface area (Å²) in [6, 6.07) is 23.8. The van der Waals surface area contributed by atoms with Gasteiger partial charge < -0.3 is 44.2 Å². The van der Waals surface area contributed by atoms with E-state index < -0.39 is 29.9 Å². The second-order valence-electron chi connectivity index (χ2n) is 21.5. The Kier molecular flexibility index (Phi) is 16.9. The molecule has 6 heterocycles. The summed E-state index contributed by atoms with van der Waals surface area (Å²) in [4.78, 5) is 57.6. The summed E-state index contributed by atoms with van der Waals surface area (Å²) in [6.07, 6.45) is 3.89. The van der Waals surface area contributed by atoms with Crippen molar-refractivity contribution in [2.75, 3.05) is 63.9 Å². The SMILES string of the molecule is C=CC(=O)N1CCN(c2nc(OCCN3CCC(COc4cc([C@H](C(=O)N5C[C@H](O)C[C@H]5C(=O)N[C@@H](C)c5ccc(-c6ccnn6C)cc5)C(C)C)on4)CC3)nc3c(F)c(-c4cc(O)cc5ccccc45)c(Cl)cc23)C[C@@H]1CC#N. The third-order valence-corrected chi connectivity index (χ3v) is 16.1. The molecular weight excluding hydrogens is 1060 g/mol. The lowest BCUT2D eigenvalue weighted by molar-refractivity contribution is -0.141. The van der Waals surface area contributed by atoms with Crippen LogP contribution in [0.1, 0.15) is 69.7 Å². The summed E-state index contributed by atoms with van der Waals surface area (Å²) in [5, 5.41) is 44.5. The lowest BCUT2D eigenvalue weighted by Crippen LogP contribution is -2.55. The van der Waals surface area contributed by atoms with Crippen LogP contribution >= 0.6 is 11.6 Å². The lowest BCUT2D eigenvalue weighted by Gasteiger charge is -2.41. The molecule has 19 nitrogen and oxygen atoms in total. The highest BCUT2D eigenvalue weighted by Gasteiger charge is 2.44. The first kappa shape index (κ1) is 56.2. The Balaban J connectivity index is 0.763. The number of nitriles is 1. The molecule has 0 aliphatic carbocycles. The monoisotopic (exact) mass is 1120 g/mol. The zero-order chi connectivity index (χ0) is 57.1. The number of halogens is 2. The number of aromatic hydroxyl groups is 1. The number of benzene rings is 4. The molecule has 81 heavy (non-hydrogen) atoms. The highest BCUT2D eigenvalue weighted by Crippen LogP contribution is 2.43. The zero-order valence-corrected chi connectivity index (χ0v) is 46.4.